The Morgan fingerprint density at radius 2 is 1.96 bits per heavy atom. The van der Waals surface area contributed by atoms with Crippen molar-refractivity contribution < 1.29 is 35.7 Å². The van der Waals surface area contributed by atoms with Crippen LogP contribution in [-0.2, 0) is 9.47 Å². The van der Waals surface area contributed by atoms with E-state index >= 15 is 0 Å². The van der Waals surface area contributed by atoms with Crippen LogP contribution in [0.25, 0.3) is 11.0 Å². The molecule has 4 atom stereocenters. The van der Waals surface area contributed by atoms with Crippen LogP contribution in [0.5, 0.6) is 5.75 Å². The van der Waals surface area contributed by atoms with Crippen molar-refractivity contribution in [2.24, 2.45) is 0 Å². The van der Waals surface area contributed by atoms with Gasteiger partial charge in [-0.15, -0.1) is 0 Å². The van der Waals surface area contributed by atoms with Gasteiger partial charge in [0.15, 0.2) is 11.3 Å². The first-order valence-corrected chi connectivity index (χ1v) is 7.19. The molecule has 7 heteroatoms. The Balaban J connectivity index is 2.17. The van der Waals surface area contributed by atoms with Crippen LogP contribution < -0.4 is 10.4 Å². The number of fused-ring (bicyclic) bond motifs is 1. The quantitative estimate of drug-likeness (QED) is 0.805. The molecule has 0 bridgehead atoms. The Bertz CT molecular complexity index is 1020. The van der Waals surface area contributed by atoms with Crippen LogP contribution in [0, 0.1) is 0 Å². The summed E-state index contributed by atoms with van der Waals surface area (Å²) in [6, 6.07) is -3.30. The van der Waals surface area contributed by atoms with Crippen molar-refractivity contribution in [3.05, 3.63) is 40.6 Å². The fourth-order valence-corrected chi connectivity index (χ4v) is 2.70. The normalized spacial score (nSPS) is 32.5. The second-order valence-electron chi connectivity index (χ2n) is 5.89. The van der Waals surface area contributed by atoms with Crippen molar-refractivity contribution >= 4 is 11.0 Å². The number of aliphatic hydroxyl groups excluding tert-OH is 2. The Labute approximate surface area is 145 Å². The zero-order chi connectivity index (χ0) is 21.8. The van der Waals surface area contributed by atoms with E-state index in [-0.39, 0.29) is 5.39 Å². The van der Waals surface area contributed by atoms with Crippen LogP contribution in [0.4, 0.5) is 0 Å². The lowest BCUT2D eigenvalue weighted by Gasteiger charge is -2.46. The molecule has 0 aliphatic carbocycles. The standard InChI is InChI=1S/C17H20O7/c1-17(2)15(21-3)12(19)13(20)16(24-17)22-10-6-4-5-9-7-8-11(18)23-14(9)10/h4-8,12-13,15-16,19-20H,1-3H3/i4D,5D,6D,7D,8D. The molecule has 2 aromatic rings. The summed E-state index contributed by atoms with van der Waals surface area (Å²) in [5, 5.41) is 20.4. The first-order chi connectivity index (χ1) is 13.4. The summed E-state index contributed by atoms with van der Waals surface area (Å²) in [6.45, 7) is 3.17. The summed E-state index contributed by atoms with van der Waals surface area (Å²) >= 11 is 0. The summed E-state index contributed by atoms with van der Waals surface area (Å²) in [7, 11) is 1.34. The van der Waals surface area contributed by atoms with E-state index in [9.17, 15) is 15.0 Å². The second kappa shape index (κ2) is 6.18. The molecule has 0 radical (unpaired) electrons. The fourth-order valence-electron chi connectivity index (χ4n) is 2.70. The number of methoxy groups -OCH3 is 1. The van der Waals surface area contributed by atoms with Crippen molar-refractivity contribution in [1.29, 1.82) is 0 Å². The predicted octanol–water partition coefficient (Wildman–Crippen LogP) is 1.04. The smallest absolute Gasteiger partial charge is 0.336 e. The highest BCUT2D eigenvalue weighted by Crippen LogP contribution is 2.34. The molecule has 2 heterocycles. The highest BCUT2D eigenvalue weighted by molar-refractivity contribution is 5.82. The maximum atomic E-state index is 11.9. The van der Waals surface area contributed by atoms with Crippen molar-refractivity contribution in [2.45, 2.75) is 44.1 Å². The van der Waals surface area contributed by atoms with Crippen LogP contribution in [0.3, 0.4) is 0 Å². The second-order valence-corrected chi connectivity index (χ2v) is 5.89. The van der Waals surface area contributed by atoms with Crippen molar-refractivity contribution in [2.75, 3.05) is 7.11 Å². The molecule has 2 N–H and O–H groups in total. The summed E-state index contributed by atoms with van der Waals surface area (Å²) in [5.41, 5.74) is -2.79. The van der Waals surface area contributed by atoms with Crippen LogP contribution in [0.1, 0.15) is 20.7 Å². The van der Waals surface area contributed by atoms with Gasteiger partial charge in [-0.25, -0.2) is 4.79 Å². The summed E-state index contributed by atoms with van der Waals surface area (Å²) < 4.78 is 60.9. The van der Waals surface area contributed by atoms with Crippen molar-refractivity contribution in [3.8, 4) is 5.75 Å². The molecule has 1 aliphatic heterocycles. The van der Waals surface area contributed by atoms with E-state index in [1.165, 1.54) is 7.11 Å². The number of hydrogen-bond acceptors (Lipinski definition) is 7. The minimum absolute atomic E-state index is 0.356. The molecule has 1 aromatic heterocycles. The molecule has 0 spiro atoms. The number of ether oxygens (including phenoxy) is 3. The maximum Gasteiger partial charge on any atom is 0.336 e. The van der Waals surface area contributed by atoms with Crippen LogP contribution >= 0.6 is 0 Å². The van der Waals surface area contributed by atoms with Crippen molar-refractivity contribution in [3.63, 3.8) is 0 Å². The molecule has 1 aromatic carbocycles. The highest BCUT2D eigenvalue weighted by Gasteiger charge is 2.50. The Hall–Kier alpha value is -1.93. The van der Waals surface area contributed by atoms with Gasteiger partial charge in [0.2, 0.25) is 6.29 Å². The SMILES string of the molecule is [2H]c1c([2H])c([2H])c2c([2H])c([2H])c(=O)oc2c1OC1OC(C)(C)C(OC)C(O)C1O. The van der Waals surface area contributed by atoms with Gasteiger partial charge in [0.25, 0.3) is 0 Å². The highest BCUT2D eigenvalue weighted by atomic mass is 16.7. The van der Waals surface area contributed by atoms with Gasteiger partial charge in [0.05, 0.1) is 12.5 Å². The van der Waals surface area contributed by atoms with Gasteiger partial charge < -0.3 is 28.8 Å². The van der Waals surface area contributed by atoms with E-state index in [0.717, 1.165) is 0 Å². The predicted molar refractivity (Wildman–Crippen MR) is 84.9 cm³/mol. The number of rotatable bonds is 3. The third kappa shape index (κ3) is 2.91. The Morgan fingerprint density at radius 1 is 1.21 bits per heavy atom. The van der Waals surface area contributed by atoms with Crippen LogP contribution in [0.15, 0.2) is 39.4 Å². The minimum atomic E-state index is -1.62. The zero-order valence-electron chi connectivity index (χ0n) is 18.2. The lowest BCUT2D eigenvalue weighted by Crippen LogP contribution is -2.63. The van der Waals surface area contributed by atoms with E-state index in [4.69, 9.17) is 25.5 Å². The lowest BCUT2D eigenvalue weighted by molar-refractivity contribution is -0.305. The molecule has 0 saturated carbocycles. The summed E-state index contributed by atoms with van der Waals surface area (Å²) in [6.07, 6.45) is -5.47. The molecular formula is C17H20O7. The average Bonchev–Trinajstić information content (AvgIpc) is 2.65. The lowest BCUT2D eigenvalue weighted by atomic mass is 9.89. The number of benzene rings is 1. The van der Waals surface area contributed by atoms with Gasteiger partial charge in [-0.3, -0.25) is 0 Å². The van der Waals surface area contributed by atoms with E-state index < -0.39 is 77.4 Å². The minimum Gasteiger partial charge on any atom is -0.458 e. The van der Waals surface area contributed by atoms with E-state index in [0.29, 0.717) is 0 Å². The average molecular weight is 341 g/mol. The Kier molecular flexibility index (Phi) is 2.98. The van der Waals surface area contributed by atoms with E-state index in [2.05, 4.69) is 0 Å². The number of aliphatic hydroxyl groups is 2. The number of hydrogen-bond donors (Lipinski definition) is 2. The largest absolute Gasteiger partial charge is 0.458 e. The summed E-state index contributed by atoms with van der Waals surface area (Å²) in [4.78, 5) is 11.9. The molecule has 24 heavy (non-hydrogen) atoms. The first kappa shape index (κ1) is 11.6. The molecule has 7 nitrogen and oxygen atoms in total. The van der Waals surface area contributed by atoms with Crippen molar-refractivity contribution in [1.82, 2.24) is 0 Å². The molecule has 1 saturated heterocycles. The van der Waals surface area contributed by atoms with E-state index in [1.54, 1.807) is 13.8 Å². The van der Waals surface area contributed by atoms with Crippen LogP contribution in [-0.4, -0.2) is 47.5 Å². The third-order valence-electron chi connectivity index (χ3n) is 3.81. The van der Waals surface area contributed by atoms with Gasteiger partial charge in [0.1, 0.15) is 18.3 Å². The molecule has 0 amide bonds. The van der Waals surface area contributed by atoms with Gasteiger partial charge in [-0.05, 0) is 25.9 Å². The monoisotopic (exact) mass is 341 g/mol. The first-order valence-electron chi connectivity index (χ1n) is 9.69. The number of para-hydroxylation sites is 1. The van der Waals surface area contributed by atoms with Gasteiger partial charge in [0, 0.05) is 18.5 Å². The molecule has 1 fully saturated rings. The zero-order valence-corrected chi connectivity index (χ0v) is 13.2. The molecule has 1 aliphatic rings. The molecule has 130 valence electrons. The van der Waals surface area contributed by atoms with Crippen LogP contribution in [0.2, 0.25) is 0 Å². The van der Waals surface area contributed by atoms with Gasteiger partial charge in [-0.2, -0.15) is 0 Å². The van der Waals surface area contributed by atoms with Gasteiger partial charge >= 0.3 is 5.63 Å². The third-order valence-corrected chi connectivity index (χ3v) is 3.81. The van der Waals surface area contributed by atoms with E-state index in [1.807, 2.05) is 0 Å². The summed E-state index contributed by atoms with van der Waals surface area (Å²) in [5.74, 6) is -0.519. The molecule has 3 rings (SSSR count). The maximum absolute atomic E-state index is 11.9. The Morgan fingerprint density at radius 3 is 2.67 bits per heavy atom. The topological polar surface area (TPSA) is 98.4 Å². The molecule has 4 unspecified atom stereocenters. The fraction of sp³-hybridized carbons (Fsp3) is 0.471. The molecular weight excluding hydrogens is 316 g/mol. The van der Waals surface area contributed by atoms with Gasteiger partial charge in [-0.1, -0.05) is 12.1 Å².